The number of anilines is 1. The van der Waals surface area contributed by atoms with E-state index < -0.39 is 4.92 Å². The molecule has 0 heterocycles. The summed E-state index contributed by atoms with van der Waals surface area (Å²) >= 11 is 0. The Balaban J connectivity index is 3.31. The lowest BCUT2D eigenvalue weighted by Crippen LogP contribution is -2.49. The lowest BCUT2D eigenvalue weighted by atomic mass is 10.2. The Kier molecular flexibility index (Phi) is 4.60. The second kappa shape index (κ2) is 5.76. The molecule has 0 radical (unpaired) electrons. The molecule has 0 atom stereocenters. The summed E-state index contributed by atoms with van der Waals surface area (Å²) in [5.41, 5.74) is 6.19. The van der Waals surface area contributed by atoms with Crippen LogP contribution in [0.4, 0.5) is 17.1 Å². The van der Waals surface area contributed by atoms with Gasteiger partial charge in [-0.3, -0.25) is 14.6 Å². The van der Waals surface area contributed by atoms with Crippen molar-refractivity contribution in [3.8, 4) is 0 Å². The van der Waals surface area contributed by atoms with Gasteiger partial charge >= 0.3 is 5.69 Å². The Morgan fingerprint density at radius 1 is 1.33 bits per heavy atom. The summed E-state index contributed by atoms with van der Waals surface area (Å²) in [5.74, 6) is 0. The largest absolute Gasteiger partial charge is 0.399 e. The summed E-state index contributed by atoms with van der Waals surface area (Å²) in [7, 11) is 1.73. The number of hydrogen-bond donors (Lipinski definition) is 3. The number of aliphatic hydroxyl groups is 2. The number of hydrogen-bond acceptors (Lipinski definition) is 5. The molecule has 1 rings (SSSR count). The van der Waals surface area contributed by atoms with Crippen molar-refractivity contribution in [3.63, 3.8) is 0 Å². The second-order valence-corrected chi connectivity index (χ2v) is 4.30. The van der Waals surface area contributed by atoms with Gasteiger partial charge in [0, 0.05) is 17.8 Å². The molecule has 0 bridgehead atoms. The molecule has 0 spiro atoms. The molecule has 100 valence electrons. The van der Waals surface area contributed by atoms with E-state index in [2.05, 4.69) is 0 Å². The van der Waals surface area contributed by atoms with Gasteiger partial charge in [0.05, 0.1) is 25.2 Å². The molecule has 0 saturated carbocycles. The molecule has 0 aliphatic rings. The molecule has 0 unspecified atom stereocenters. The first kappa shape index (κ1) is 14.4. The van der Waals surface area contributed by atoms with Crippen LogP contribution < -0.4 is 10.2 Å². The predicted octanol–water partition coefficient (Wildman–Crippen LogP) is 0.0987. The first-order valence-corrected chi connectivity index (χ1v) is 5.55. The fraction of sp³-hybridized carbons (Fsp3) is 0.455. The van der Waals surface area contributed by atoms with Crippen LogP contribution in [0, 0.1) is 10.1 Å². The minimum Gasteiger partial charge on any atom is -0.399 e. The van der Waals surface area contributed by atoms with Gasteiger partial charge in [-0.15, -0.1) is 0 Å². The summed E-state index contributed by atoms with van der Waals surface area (Å²) in [4.78, 5) is 10.5. The third-order valence-electron chi connectivity index (χ3n) is 2.96. The molecular weight excluding hydrogens is 238 g/mol. The van der Waals surface area contributed by atoms with Gasteiger partial charge in [0.25, 0.3) is 0 Å². The van der Waals surface area contributed by atoms with Crippen LogP contribution in [0.5, 0.6) is 0 Å². The second-order valence-electron chi connectivity index (χ2n) is 4.30. The van der Waals surface area contributed by atoms with Crippen LogP contribution in [0.3, 0.4) is 0 Å². The van der Waals surface area contributed by atoms with Gasteiger partial charge in [-0.2, -0.15) is 0 Å². The van der Waals surface area contributed by atoms with Crippen molar-refractivity contribution in [2.45, 2.75) is 0 Å². The molecule has 0 aliphatic heterocycles. The summed E-state index contributed by atoms with van der Waals surface area (Å²) in [6, 6.07) is 4.44. The Morgan fingerprint density at radius 3 is 2.33 bits per heavy atom. The number of nitrogens with two attached hydrogens (primary N) is 1. The molecule has 0 saturated heterocycles. The van der Waals surface area contributed by atoms with Crippen molar-refractivity contribution in [2.24, 2.45) is 0 Å². The van der Waals surface area contributed by atoms with Gasteiger partial charge in [-0.05, 0) is 6.07 Å². The van der Waals surface area contributed by atoms with Crippen molar-refractivity contribution in [1.29, 1.82) is 0 Å². The highest BCUT2D eigenvalue weighted by molar-refractivity contribution is 5.66. The minimum atomic E-state index is -0.503. The number of rotatable bonds is 6. The molecule has 0 fully saturated rings. The Hall–Kier alpha value is -1.70. The van der Waals surface area contributed by atoms with E-state index in [1.165, 1.54) is 6.07 Å². The third-order valence-corrected chi connectivity index (χ3v) is 2.96. The summed E-state index contributed by atoms with van der Waals surface area (Å²) in [6.45, 7) is 0.312. The number of benzene rings is 1. The van der Waals surface area contributed by atoms with Crippen molar-refractivity contribution >= 4 is 17.1 Å². The van der Waals surface area contributed by atoms with Crippen molar-refractivity contribution in [1.82, 2.24) is 4.48 Å². The fourth-order valence-electron chi connectivity index (χ4n) is 1.94. The lowest BCUT2D eigenvalue weighted by molar-refractivity contribution is -0.384. The number of nitrogens with zero attached hydrogens (tertiary/aromatic N) is 2. The van der Waals surface area contributed by atoms with Gasteiger partial charge < -0.3 is 15.9 Å². The van der Waals surface area contributed by atoms with Crippen LogP contribution in [0.2, 0.25) is 0 Å². The van der Waals surface area contributed by atoms with Gasteiger partial charge in [-0.25, -0.2) is 0 Å². The first-order valence-electron chi connectivity index (χ1n) is 5.55. The first-order chi connectivity index (χ1) is 8.44. The molecule has 0 aromatic heterocycles. The van der Waals surface area contributed by atoms with Crippen LogP contribution >= 0.6 is 0 Å². The molecule has 1 aromatic carbocycles. The maximum absolute atomic E-state index is 11.0. The average Bonchev–Trinajstić information content (AvgIpc) is 2.29. The summed E-state index contributed by atoms with van der Waals surface area (Å²) in [6.07, 6.45) is 0. The maximum Gasteiger partial charge on any atom is 0.331 e. The van der Waals surface area contributed by atoms with E-state index in [0.29, 0.717) is 11.4 Å². The van der Waals surface area contributed by atoms with Gasteiger partial charge in [-0.1, -0.05) is 0 Å². The SMILES string of the molecule is C[N+](CCO)(CCO)c1ccc(N)cc1[N+](=O)[O-]. The van der Waals surface area contributed by atoms with E-state index in [4.69, 9.17) is 15.9 Å². The zero-order valence-corrected chi connectivity index (χ0v) is 10.2. The van der Waals surface area contributed by atoms with Gasteiger partial charge in [0.1, 0.15) is 13.1 Å². The monoisotopic (exact) mass is 256 g/mol. The zero-order valence-electron chi connectivity index (χ0n) is 10.2. The molecule has 18 heavy (non-hydrogen) atoms. The lowest BCUT2D eigenvalue weighted by Gasteiger charge is -2.32. The number of aliphatic hydroxyl groups excluding tert-OH is 2. The Bertz CT molecular complexity index is 430. The number of nitro benzene ring substituents is 1. The topological polar surface area (TPSA) is 110 Å². The van der Waals surface area contributed by atoms with E-state index >= 15 is 0 Å². The molecule has 1 aromatic rings. The third kappa shape index (κ3) is 2.95. The Morgan fingerprint density at radius 2 is 1.89 bits per heavy atom. The highest BCUT2D eigenvalue weighted by atomic mass is 16.6. The highest BCUT2D eigenvalue weighted by Gasteiger charge is 2.32. The quantitative estimate of drug-likeness (QED) is 0.289. The van der Waals surface area contributed by atoms with E-state index in [-0.39, 0.29) is 36.5 Å². The van der Waals surface area contributed by atoms with Gasteiger partial charge in [0.15, 0.2) is 0 Å². The van der Waals surface area contributed by atoms with Crippen LogP contribution in [-0.2, 0) is 0 Å². The van der Waals surface area contributed by atoms with E-state index in [9.17, 15) is 10.1 Å². The summed E-state index contributed by atoms with van der Waals surface area (Å²) < 4.78 is 0.0869. The smallest absolute Gasteiger partial charge is 0.331 e. The van der Waals surface area contributed by atoms with Crippen LogP contribution in [0.25, 0.3) is 0 Å². The minimum absolute atomic E-state index is 0.0869. The molecular formula is C11H18N3O4+. The molecule has 0 amide bonds. The highest BCUT2D eigenvalue weighted by Crippen LogP contribution is 2.33. The van der Waals surface area contributed by atoms with Crippen molar-refractivity contribution in [3.05, 3.63) is 28.3 Å². The zero-order chi connectivity index (χ0) is 13.8. The van der Waals surface area contributed by atoms with Crippen molar-refractivity contribution in [2.75, 3.05) is 39.1 Å². The number of quaternary nitrogens is 1. The van der Waals surface area contributed by atoms with Crippen LogP contribution in [0.1, 0.15) is 0 Å². The van der Waals surface area contributed by atoms with Gasteiger partial charge in [0.2, 0.25) is 5.69 Å². The van der Waals surface area contributed by atoms with Crippen LogP contribution in [0.15, 0.2) is 18.2 Å². The number of nitrogen functional groups attached to an aromatic ring is 1. The average molecular weight is 256 g/mol. The molecule has 7 heteroatoms. The van der Waals surface area contributed by atoms with E-state index in [0.717, 1.165) is 0 Å². The van der Waals surface area contributed by atoms with E-state index in [1.807, 2.05) is 0 Å². The van der Waals surface area contributed by atoms with Crippen molar-refractivity contribution < 1.29 is 15.1 Å². The number of nitro groups is 1. The normalized spacial score (nSPS) is 11.5. The Labute approximate surface area is 105 Å². The molecule has 4 N–H and O–H groups in total. The number of likely N-dealkylation sites (N-methyl/N-ethyl adjacent to an activating group) is 1. The maximum atomic E-state index is 11.0. The fourth-order valence-corrected chi connectivity index (χ4v) is 1.94. The molecule has 0 aliphatic carbocycles. The predicted molar refractivity (Wildman–Crippen MR) is 69.1 cm³/mol. The van der Waals surface area contributed by atoms with Crippen LogP contribution in [-0.4, -0.2) is 48.5 Å². The van der Waals surface area contributed by atoms with E-state index in [1.54, 1.807) is 19.2 Å². The summed E-state index contributed by atoms with van der Waals surface area (Å²) in [5, 5.41) is 29.2. The standard InChI is InChI=1S/C11H18N3O4/c1-14(4-6-15,5-7-16)11-3-2-9(12)8-10(11)13(17)18/h2-3,8,15-16H,4-7,12H2,1H3/q+1. The molecule has 7 nitrogen and oxygen atoms in total.